The largest absolute Gasteiger partial charge is 0.444 e. The minimum Gasteiger partial charge on any atom is -0.444 e. The molecule has 0 aliphatic carbocycles. The fourth-order valence-electron chi connectivity index (χ4n) is 2.91. The quantitative estimate of drug-likeness (QED) is 0.757. The van der Waals surface area contributed by atoms with Crippen molar-refractivity contribution in [2.24, 2.45) is 0 Å². The molecule has 3 rings (SSSR count). The summed E-state index contributed by atoms with van der Waals surface area (Å²) in [4.78, 5) is 53.4. The van der Waals surface area contributed by atoms with Crippen LogP contribution >= 0.6 is 0 Å². The Bertz CT molecular complexity index is 870. The number of alkyl carbamates (subject to hydrolysis) is 1. The predicted octanol–water partition coefficient (Wildman–Crippen LogP) is 2.17. The Balaban J connectivity index is 1.76. The van der Waals surface area contributed by atoms with Gasteiger partial charge in [0.15, 0.2) is 0 Å². The van der Waals surface area contributed by atoms with E-state index >= 15 is 0 Å². The first kappa shape index (κ1) is 20.4. The Morgan fingerprint density at radius 3 is 2.48 bits per heavy atom. The van der Waals surface area contributed by atoms with Crippen LogP contribution < -0.4 is 10.6 Å². The van der Waals surface area contributed by atoms with Crippen LogP contribution in [0.15, 0.2) is 30.5 Å². The molecule has 1 aromatic rings. The average Bonchev–Trinajstić information content (AvgIpc) is 3.18. The highest BCUT2D eigenvalue weighted by Gasteiger charge is 2.36. The number of imide groups is 1. The first-order chi connectivity index (χ1) is 13.6. The molecule has 1 saturated heterocycles. The van der Waals surface area contributed by atoms with E-state index in [1.54, 1.807) is 27.0 Å². The number of fused-ring (bicyclic) bond motifs is 1. The number of para-hydroxylation sites is 1. The number of ether oxygens (including phenoxy) is 1. The maximum atomic E-state index is 12.7. The zero-order valence-electron chi connectivity index (χ0n) is 16.4. The molecule has 0 aromatic heterocycles. The van der Waals surface area contributed by atoms with Crippen molar-refractivity contribution in [2.75, 3.05) is 0 Å². The molecule has 1 fully saturated rings. The SMILES string of the molecule is CC(C)(C)OC(=O)N[C@H](CC1=C[N]c2ccccc21)C(=O)ON1C(=O)CCC1=O. The second-order valence-corrected chi connectivity index (χ2v) is 7.70. The van der Waals surface area contributed by atoms with E-state index in [-0.39, 0.29) is 19.3 Å². The number of hydrogen-bond donors (Lipinski definition) is 1. The van der Waals surface area contributed by atoms with Gasteiger partial charge in [0.05, 0.1) is 5.69 Å². The summed E-state index contributed by atoms with van der Waals surface area (Å²) in [5.41, 5.74) is 1.51. The van der Waals surface area contributed by atoms with Gasteiger partial charge in [0, 0.05) is 31.0 Å². The Kier molecular flexibility index (Phi) is 5.58. The molecule has 1 aromatic carbocycles. The molecule has 0 saturated carbocycles. The van der Waals surface area contributed by atoms with Crippen molar-refractivity contribution in [1.29, 1.82) is 0 Å². The van der Waals surface area contributed by atoms with Crippen molar-refractivity contribution in [3.8, 4) is 0 Å². The maximum absolute atomic E-state index is 12.7. The molecule has 0 unspecified atom stereocenters. The summed E-state index contributed by atoms with van der Waals surface area (Å²) in [5.74, 6) is -2.13. The molecule has 2 aliphatic rings. The average molecular weight is 400 g/mol. The first-order valence-electron chi connectivity index (χ1n) is 9.20. The third-order valence-electron chi connectivity index (χ3n) is 4.20. The summed E-state index contributed by atoms with van der Waals surface area (Å²) >= 11 is 0. The molecule has 1 atom stereocenters. The van der Waals surface area contributed by atoms with Crippen LogP contribution in [-0.4, -0.2) is 40.6 Å². The number of carbonyl (C=O) groups is 4. The topological polar surface area (TPSA) is 116 Å². The third-order valence-corrected chi connectivity index (χ3v) is 4.20. The molecule has 3 amide bonds. The highest BCUT2D eigenvalue weighted by atomic mass is 16.7. The zero-order valence-corrected chi connectivity index (χ0v) is 16.4. The molecule has 9 heteroatoms. The lowest BCUT2D eigenvalue weighted by molar-refractivity contribution is -0.198. The van der Waals surface area contributed by atoms with Gasteiger partial charge in [-0.1, -0.05) is 18.2 Å². The summed E-state index contributed by atoms with van der Waals surface area (Å²) in [5, 5.41) is 7.20. The van der Waals surface area contributed by atoms with E-state index < -0.39 is 35.5 Å². The third kappa shape index (κ3) is 4.92. The van der Waals surface area contributed by atoms with E-state index in [2.05, 4.69) is 10.6 Å². The molecule has 153 valence electrons. The Labute approximate surface area is 168 Å². The molecule has 2 aliphatic heterocycles. The monoisotopic (exact) mass is 400 g/mol. The minimum absolute atomic E-state index is 0.0202. The van der Waals surface area contributed by atoms with Gasteiger partial charge in [0.2, 0.25) is 0 Å². The van der Waals surface area contributed by atoms with Crippen LogP contribution in [0.3, 0.4) is 0 Å². The van der Waals surface area contributed by atoms with Crippen LogP contribution in [-0.2, 0) is 24.0 Å². The Morgan fingerprint density at radius 1 is 1.17 bits per heavy atom. The maximum Gasteiger partial charge on any atom is 0.408 e. The van der Waals surface area contributed by atoms with E-state index in [1.165, 1.54) is 0 Å². The van der Waals surface area contributed by atoms with Gasteiger partial charge >= 0.3 is 12.1 Å². The Hall–Kier alpha value is -3.36. The number of benzene rings is 1. The number of hydrogen-bond acceptors (Lipinski definition) is 6. The van der Waals surface area contributed by atoms with Crippen LogP contribution in [0.2, 0.25) is 0 Å². The summed E-state index contributed by atoms with van der Waals surface area (Å²) in [6, 6.07) is 6.17. The van der Waals surface area contributed by atoms with Crippen molar-refractivity contribution < 1.29 is 28.8 Å². The molecular weight excluding hydrogens is 378 g/mol. The lowest BCUT2D eigenvalue weighted by Crippen LogP contribution is -2.47. The number of amides is 3. The highest BCUT2D eigenvalue weighted by Crippen LogP contribution is 2.33. The summed E-state index contributed by atoms with van der Waals surface area (Å²) in [6.45, 7) is 5.07. The van der Waals surface area contributed by atoms with Gasteiger partial charge in [-0.2, -0.15) is 0 Å². The standard InChI is InChI=1S/C20H22N3O6/c1-20(2,3)28-19(27)22-15(18(26)29-23-16(24)8-9-17(23)25)10-12-11-21-14-7-5-4-6-13(12)14/h4-7,11,15H,8-10H2,1-3H3,(H,22,27)/t15-/m1/s1. The second kappa shape index (κ2) is 7.94. The molecular formula is C20H22N3O6. The van der Waals surface area contributed by atoms with Gasteiger partial charge in [-0.05, 0) is 32.4 Å². The number of hydroxylamine groups is 2. The predicted molar refractivity (Wildman–Crippen MR) is 101 cm³/mol. The van der Waals surface area contributed by atoms with Crippen molar-refractivity contribution in [1.82, 2.24) is 15.7 Å². The van der Waals surface area contributed by atoms with Crippen molar-refractivity contribution in [3.05, 3.63) is 36.0 Å². The van der Waals surface area contributed by atoms with E-state index in [1.807, 2.05) is 24.3 Å². The van der Waals surface area contributed by atoms with Gasteiger partial charge in [0.25, 0.3) is 11.8 Å². The fraction of sp³-hybridized carbons (Fsp3) is 0.400. The van der Waals surface area contributed by atoms with Crippen molar-refractivity contribution in [3.63, 3.8) is 0 Å². The lowest BCUT2D eigenvalue weighted by Gasteiger charge is -2.24. The van der Waals surface area contributed by atoms with Crippen LogP contribution in [0, 0.1) is 0 Å². The zero-order chi connectivity index (χ0) is 21.2. The first-order valence-corrected chi connectivity index (χ1v) is 9.20. The van der Waals surface area contributed by atoms with Gasteiger partial charge in [-0.15, -0.1) is 5.06 Å². The molecule has 2 heterocycles. The van der Waals surface area contributed by atoms with Crippen LogP contribution in [0.4, 0.5) is 10.5 Å². The normalized spacial score (nSPS) is 16.7. The number of carbonyl (C=O) groups excluding carboxylic acids is 4. The molecule has 9 nitrogen and oxygen atoms in total. The van der Waals surface area contributed by atoms with E-state index in [4.69, 9.17) is 9.57 Å². The van der Waals surface area contributed by atoms with Crippen LogP contribution in [0.5, 0.6) is 0 Å². The van der Waals surface area contributed by atoms with E-state index in [0.29, 0.717) is 10.6 Å². The van der Waals surface area contributed by atoms with Gasteiger partial charge < -0.3 is 14.9 Å². The van der Waals surface area contributed by atoms with Gasteiger partial charge in [0.1, 0.15) is 11.6 Å². The number of rotatable bonds is 5. The van der Waals surface area contributed by atoms with E-state index in [0.717, 1.165) is 11.3 Å². The molecule has 29 heavy (non-hydrogen) atoms. The lowest BCUT2D eigenvalue weighted by atomic mass is 10.0. The number of nitrogens with one attached hydrogen (secondary N) is 1. The summed E-state index contributed by atoms with van der Waals surface area (Å²) in [6.07, 6.45) is 0.798. The molecule has 1 N–H and O–H groups in total. The van der Waals surface area contributed by atoms with Gasteiger partial charge in [-0.25, -0.2) is 9.59 Å². The summed E-state index contributed by atoms with van der Waals surface area (Å²) < 4.78 is 5.22. The summed E-state index contributed by atoms with van der Waals surface area (Å²) in [7, 11) is 0. The molecule has 0 bridgehead atoms. The highest BCUT2D eigenvalue weighted by molar-refractivity contribution is 6.02. The van der Waals surface area contributed by atoms with Crippen molar-refractivity contribution >= 4 is 35.1 Å². The number of nitrogens with zero attached hydrogens (tertiary/aromatic N) is 2. The fourth-order valence-corrected chi connectivity index (χ4v) is 2.91. The van der Waals surface area contributed by atoms with Crippen molar-refractivity contribution in [2.45, 2.75) is 51.7 Å². The van der Waals surface area contributed by atoms with Crippen LogP contribution in [0.1, 0.15) is 45.6 Å². The van der Waals surface area contributed by atoms with Gasteiger partial charge in [-0.3, -0.25) is 14.9 Å². The van der Waals surface area contributed by atoms with E-state index in [9.17, 15) is 19.2 Å². The smallest absolute Gasteiger partial charge is 0.408 e. The Morgan fingerprint density at radius 2 is 1.83 bits per heavy atom. The minimum atomic E-state index is -1.18. The molecule has 0 spiro atoms. The second-order valence-electron chi connectivity index (χ2n) is 7.70. The molecule has 1 radical (unpaired) electrons. The van der Waals surface area contributed by atoms with Crippen LogP contribution in [0.25, 0.3) is 5.57 Å².